The van der Waals surface area contributed by atoms with Crippen molar-refractivity contribution in [3.8, 4) is 0 Å². The summed E-state index contributed by atoms with van der Waals surface area (Å²) in [5.74, 6) is 0.159. The zero-order chi connectivity index (χ0) is 19.1. The first-order valence-electron chi connectivity index (χ1n) is 9.82. The van der Waals surface area contributed by atoms with Gasteiger partial charge < -0.3 is 15.1 Å². The van der Waals surface area contributed by atoms with Gasteiger partial charge in [-0.05, 0) is 30.9 Å². The van der Waals surface area contributed by atoms with Gasteiger partial charge in [0.1, 0.15) is 12.3 Å². The van der Waals surface area contributed by atoms with Crippen molar-refractivity contribution in [1.29, 1.82) is 0 Å². The van der Waals surface area contributed by atoms with Crippen LogP contribution in [-0.2, 0) is 4.79 Å². The topological polar surface area (TPSA) is 71.3 Å². The predicted octanol–water partition coefficient (Wildman–Crippen LogP) is 4.23. The van der Waals surface area contributed by atoms with E-state index in [9.17, 15) is 9.59 Å². The maximum atomic E-state index is 12.7. The van der Waals surface area contributed by atoms with Crippen LogP contribution in [0.15, 0.2) is 53.3 Å². The number of furan rings is 1. The summed E-state index contributed by atoms with van der Waals surface area (Å²) in [7, 11) is 0. The lowest BCUT2D eigenvalue weighted by Crippen LogP contribution is -2.46. The molecule has 27 heavy (non-hydrogen) atoms. The maximum absolute atomic E-state index is 12.7. The fourth-order valence-electron chi connectivity index (χ4n) is 3.76. The Hall–Kier alpha value is -2.56. The molecule has 0 bridgehead atoms. The van der Waals surface area contributed by atoms with E-state index in [4.69, 9.17) is 4.42 Å². The number of hydrogen-bond acceptors (Lipinski definition) is 3. The molecule has 2 unspecified atom stereocenters. The molecule has 2 aromatic rings. The monoisotopic (exact) mass is 368 g/mol. The SMILES string of the molecule is CC(NC(=O)c1ccoc1)C(=O)NC(CC1CCCCC1)c1ccccc1. The van der Waals surface area contributed by atoms with Crippen molar-refractivity contribution >= 4 is 11.8 Å². The lowest BCUT2D eigenvalue weighted by molar-refractivity contribution is -0.123. The number of nitrogens with one attached hydrogen (secondary N) is 2. The van der Waals surface area contributed by atoms with Crippen molar-refractivity contribution in [3.63, 3.8) is 0 Å². The van der Waals surface area contributed by atoms with E-state index in [1.165, 1.54) is 44.6 Å². The highest BCUT2D eigenvalue weighted by molar-refractivity contribution is 5.97. The molecule has 1 aliphatic rings. The van der Waals surface area contributed by atoms with Crippen LogP contribution in [0.3, 0.4) is 0 Å². The number of carbonyl (C=O) groups excluding carboxylic acids is 2. The highest BCUT2D eigenvalue weighted by atomic mass is 16.3. The van der Waals surface area contributed by atoms with Crippen molar-refractivity contribution in [2.75, 3.05) is 0 Å². The fourth-order valence-corrected chi connectivity index (χ4v) is 3.76. The third-order valence-corrected chi connectivity index (χ3v) is 5.34. The molecule has 0 aliphatic heterocycles. The van der Waals surface area contributed by atoms with Gasteiger partial charge in [-0.1, -0.05) is 62.4 Å². The summed E-state index contributed by atoms with van der Waals surface area (Å²) in [5, 5.41) is 5.89. The minimum Gasteiger partial charge on any atom is -0.472 e. The Bertz CT molecular complexity index is 721. The van der Waals surface area contributed by atoms with Crippen LogP contribution in [0.5, 0.6) is 0 Å². The number of amides is 2. The Morgan fingerprint density at radius 2 is 1.81 bits per heavy atom. The lowest BCUT2D eigenvalue weighted by Gasteiger charge is -2.28. The number of benzene rings is 1. The standard InChI is InChI=1S/C22H28N2O3/c1-16(23-22(26)19-12-13-27-15-19)21(25)24-20(18-10-6-3-7-11-18)14-17-8-4-2-5-9-17/h3,6-7,10-13,15-17,20H,2,4-5,8-9,14H2,1H3,(H,23,26)(H,24,25). The van der Waals surface area contributed by atoms with Crippen molar-refractivity contribution in [3.05, 3.63) is 60.1 Å². The van der Waals surface area contributed by atoms with Gasteiger partial charge in [-0.25, -0.2) is 0 Å². The zero-order valence-electron chi connectivity index (χ0n) is 15.8. The first-order chi connectivity index (χ1) is 13.1. The molecule has 144 valence electrons. The van der Waals surface area contributed by atoms with Gasteiger partial charge in [-0.3, -0.25) is 9.59 Å². The summed E-state index contributed by atoms with van der Waals surface area (Å²) >= 11 is 0. The Labute approximate surface area is 160 Å². The van der Waals surface area contributed by atoms with E-state index in [2.05, 4.69) is 22.8 Å². The van der Waals surface area contributed by atoms with Crippen LogP contribution in [0.25, 0.3) is 0 Å². The molecule has 1 heterocycles. The smallest absolute Gasteiger partial charge is 0.255 e. The van der Waals surface area contributed by atoms with Crippen LogP contribution in [0.2, 0.25) is 0 Å². The van der Waals surface area contributed by atoms with E-state index < -0.39 is 6.04 Å². The third-order valence-electron chi connectivity index (χ3n) is 5.34. The first-order valence-corrected chi connectivity index (χ1v) is 9.82. The second-order valence-corrected chi connectivity index (χ2v) is 7.42. The third kappa shape index (κ3) is 5.46. The highest BCUT2D eigenvalue weighted by Crippen LogP contribution is 2.31. The van der Waals surface area contributed by atoms with Crippen molar-refractivity contribution < 1.29 is 14.0 Å². The second kappa shape index (κ2) is 9.40. The van der Waals surface area contributed by atoms with Gasteiger partial charge in [-0.15, -0.1) is 0 Å². The molecule has 2 N–H and O–H groups in total. The molecule has 5 nitrogen and oxygen atoms in total. The summed E-state index contributed by atoms with van der Waals surface area (Å²) < 4.78 is 4.92. The van der Waals surface area contributed by atoms with Crippen LogP contribution in [0, 0.1) is 5.92 Å². The van der Waals surface area contributed by atoms with Gasteiger partial charge >= 0.3 is 0 Å². The molecule has 0 saturated heterocycles. The summed E-state index contributed by atoms with van der Waals surface area (Å²) in [6.07, 6.45) is 10.1. The second-order valence-electron chi connectivity index (χ2n) is 7.42. The van der Waals surface area contributed by atoms with Crippen LogP contribution in [0.4, 0.5) is 0 Å². The van der Waals surface area contributed by atoms with Gasteiger partial charge in [-0.2, -0.15) is 0 Å². The van der Waals surface area contributed by atoms with E-state index in [1.54, 1.807) is 13.0 Å². The zero-order valence-corrected chi connectivity index (χ0v) is 15.8. The molecular formula is C22H28N2O3. The summed E-state index contributed by atoms with van der Waals surface area (Å²) in [6.45, 7) is 1.70. The van der Waals surface area contributed by atoms with Crippen molar-refractivity contribution in [1.82, 2.24) is 10.6 Å². The molecule has 1 fully saturated rings. The van der Waals surface area contributed by atoms with Crippen LogP contribution in [-0.4, -0.2) is 17.9 Å². The molecule has 3 rings (SSSR count). The Morgan fingerprint density at radius 3 is 2.48 bits per heavy atom. The predicted molar refractivity (Wildman–Crippen MR) is 104 cm³/mol. The van der Waals surface area contributed by atoms with Crippen molar-refractivity contribution in [2.45, 2.75) is 57.5 Å². The van der Waals surface area contributed by atoms with Crippen LogP contribution < -0.4 is 10.6 Å². The van der Waals surface area contributed by atoms with Crippen LogP contribution in [0.1, 0.15) is 67.4 Å². The number of hydrogen-bond donors (Lipinski definition) is 2. The van der Waals surface area contributed by atoms with E-state index >= 15 is 0 Å². The number of carbonyl (C=O) groups is 2. The molecule has 1 aliphatic carbocycles. The molecule has 0 radical (unpaired) electrons. The van der Waals surface area contributed by atoms with Gasteiger partial charge in [0, 0.05) is 0 Å². The van der Waals surface area contributed by atoms with E-state index in [0.29, 0.717) is 11.5 Å². The minimum atomic E-state index is -0.620. The summed E-state index contributed by atoms with van der Waals surface area (Å²) in [4.78, 5) is 24.9. The summed E-state index contributed by atoms with van der Waals surface area (Å²) in [5.41, 5.74) is 1.53. The number of rotatable bonds is 7. The summed E-state index contributed by atoms with van der Waals surface area (Å²) in [6, 6.07) is 11.0. The Kier molecular flexibility index (Phi) is 6.69. The maximum Gasteiger partial charge on any atom is 0.255 e. The molecule has 0 spiro atoms. The van der Waals surface area contributed by atoms with Gasteiger partial charge in [0.25, 0.3) is 5.91 Å². The van der Waals surface area contributed by atoms with Gasteiger partial charge in [0.05, 0.1) is 17.9 Å². The average molecular weight is 368 g/mol. The highest BCUT2D eigenvalue weighted by Gasteiger charge is 2.24. The van der Waals surface area contributed by atoms with E-state index in [0.717, 1.165) is 12.0 Å². The molecule has 2 atom stereocenters. The van der Waals surface area contributed by atoms with E-state index in [-0.39, 0.29) is 17.9 Å². The molecular weight excluding hydrogens is 340 g/mol. The molecule has 5 heteroatoms. The largest absolute Gasteiger partial charge is 0.472 e. The van der Waals surface area contributed by atoms with E-state index in [1.807, 2.05) is 18.2 Å². The first kappa shape index (κ1) is 19.2. The average Bonchev–Trinajstić information content (AvgIpc) is 3.24. The van der Waals surface area contributed by atoms with Crippen LogP contribution >= 0.6 is 0 Å². The van der Waals surface area contributed by atoms with Gasteiger partial charge in [0.15, 0.2) is 0 Å². The van der Waals surface area contributed by atoms with Crippen molar-refractivity contribution in [2.24, 2.45) is 5.92 Å². The molecule has 1 saturated carbocycles. The van der Waals surface area contributed by atoms with Gasteiger partial charge in [0.2, 0.25) is 5.91 Å². The lowest BCUT2D eigenvalue weighted by atomic mass is 9.83. The minimum absolute atomic E-state index is 0.0323. The Morgan fingerprint density at radius 1 is 1.07 bits per heavy atom. The quantitative estimate of drug-likeness (QED) is 0.768. The molecule has 1 aromatic heterocycles. The fraction of sp³-hybridized carbons (Fsp3) is 0.455. The molecule has 1 aromatic carbocycles. The Balaban J connectivity index is 1.63. The molecule has 2 amide bonds. The normalized spacial score (nSPS) is 17.1.